The number of carbonyl (C=O) groups is 4. The van der Waals surface area contributed by atoms with E-state index in [9.17, 15) is 36.4 Å². The van der Waals surface area contributed by atoms with Crippen molar-refractivity contribution in [3.8, 4) is 11.6 Å². The summed E-state index contributed by atoms with van der Waals surface area (Å²) in [4.78, 5) is 67.0. The monoisotopic (exact) mass is 850 g/mol. The molecule has 7 rings (SSSR count). The zero-order valence-electron chi connectivity index (χ0n) is 34.1. The number of hydrogen-bond acceptors (Lipinski definition) is 11. The van der Waals surface area contributed by atoms with E-state index >= 15 is 4.39 Å². The number of halogens is 3. The number of fused-ring (bicyclic) bond motifs is 5. The molecule has 15 nitrogen and oxygen atoms in total. The fourth-order valence-corrected chi connectivity index (χ4v) is 9.72. The van der Waals surface area contributed by atoms with Crippen LogP contribution in [0.4, 0.5) is 18.0 Å². The Hall–Kier alpha value is -4.42. The summed E-state index contributed by atoms with van der Waals surface area (Å²) in [5.41, 5.74) is -2.62. The highest BCUT2D eigenvalue weighted by Gasteiger charge is 2.68. The molecule has 324 valence electrons. The van der Waals surface area contributed by atoms with Crippen LogP contribution in [0, 0.1) is 23.2 Å². The van der Waals surface area contributed by atoms with Crippen LogP contribution >= 0.6 is 0 Å². The first-order valence-electron chi connectivity index (χ1n) is 20.3. The fraction of sp³-hybridized carbons (Fsp3) is 0.700. The lowest BCUT2D eigenvalue weighted by atomic mass is 9.85. The number of hydrogen-bond donors (Lipinski definition) is 3. The topological polar surface area (TPSA) is 195 Å². The Balaban J connectivity index is 1.28. The number of alkyl carbamates (subject to hydrolysis) is 1. The lowest BCUT2D eigenvalue weighted by Gasteiger charge is -2.36. The molecule has 19 heteroatoms. The van der Waals surface area contributed by atoms with E-state index in [1.807, 2.05) is 4.72 Å². The Morgan fingerprint density at radius 2 is 1.80 bits per heavy atom. The molecule has 4 amide bonds. The van der Waals surface area contributed by atoms with E-state index in [1.165, 1.54) is 18.9 Å². The summed E-state index contributed by atoms with van der Waals surface area (Å²) in [6.07, 6.45) is -4.31. The summed E-state index contributed by atoms with van der Waals surface area (Å²) in [5.74, 6) is -5.29. The second kappa shape index (κ2) is 15.6. The number of benzene rings is 1. The number of sulfonamides is 1. The molecule has 1 unspecified atom stereocenters. The number of rotatable bonds is 8. The maximum Gasteiger partial charge on any atom is 0.408 e. The molecule has 0 spiro atoms. The van der Waals surface area contributed by atoms with Gasteiger partial charge in [-0.1, -0.05) is 40.5 Å². The van der Waals surface area contributed by atoms with E-state index in [0.29, 0.717) is 42.5 Å². The summed E-state index contributed by atoms with van der Waals surface area (Å²) in [6.45, 7) is 7.97. The third-order valence-corrected chi connectivity index (χ3v) is 14.9. The molecule has 9 atom stereocenters. The Morgan fingerprint density at radius 1 is 1.08 bits per heavy atom. The Labute approximate surface area is 341 Å². The molecule has 2 bridgehead atoms. The van der Waals surface area contributed by atoms with Crippen molar-refractivity contribution >= 4 is 44.9 Å². The minimum absolute atomic E-state index is 0.0691. The molecule has 4 fully saturated rings. The van der Waals surface area contributed by atoms with Crippen LogP contribution in [0.15, 0.2) is 18.2 Å². The lowest BCUT2D eigenvalue weighted by molar-refractivity contribution is -0.144. The molecule has 3 heterocycles. The van der Waals surface area contributed by atoms with Crippen LogP contribution in [0.1, 0.15) is 104 Å². The first-order chi connectivity index (χ1) is 27.7. The predicted molar refractivity (Wildman–Crippen MR) is 207 cm³/mol. The summed E-state index contributed by atoms with van der Waals surface area (Å²) in [6, 6.07) is 2.16. The molecule has 5 aliphatic rings. The van der Waals surface area contributed by atoms with E-state index < -0.39 is 98.6 Å². The molecule has 1 saturated heterocycles. The number of methoxy groups -OCH3 is 1. The summed E-state index contributed by atoms with van der Waals surface area (Å²) in [5, 5.41) is 5.16. The van der Waals surface area contributed by atoms with Gasteiger partial charge < -0.3 is 29.7 Å². The van der Waals surface area contributed by atoms with E-state index in [4.69, 9.17) is 14.2 Å². The van der Waals surface area contributed by atoms with Crippen molar-refractivity contribution in [1.29, 1.82) is 0 Å². The van der Waals surface area contributed by atoms with Gasteiger partial charge in [-0.25, -0.2) is 36.4 Å². The average Bonchev–Trinajstić information content (AvgIpc) is 4.12. The molecule has 1 aromatic heterocycles. The summed E-state index contributed by atoms with van der Waals surface area (Å²) in [7, 11) is -2.80. The Kier molecular flexibility index (Phi) is 11.3. The number of aromatic nitrogens is 2. The number of carbonyl (C=O) groups excluding carboxylic acids is 4. The van der Waals surface area contributed by atoms with Crippen molar-refractivity contribution in [2.24, 2.45) is 23.2 Å². The van der Waals surface area contributed by atoms with Gasteiger partial charge in [0.25, 0.3) is 5.91 Å². The summed E-state index contributed by atoms with van der Waals surface area (Å²) >= 11 is 0. The van der Waals surface area contributed by atoms with Crippen LogP contribution in [0.5, 0.6) is 11.6 Å². The molecule has 3 aliphatic carbocycles. The predicted octanol–water partition coefficient (Wildman–Crippen LogP) is 4.88. The fourth-order valence-electron chi connectivity index (χ4n) is 8.41. The average molecular weight is 851 g/mol. The molecule has 0 radical (unpaired) electrons. The third-order valence-electron chi connectivity index (χ3n) is 12.7. The standard InChI is InChI=1S/C40H53F3N6O9S/c1-7-22-28-19-49(30(22)33(50)47-40(18-23(40)32(42)43)36(52)48-59(54,55)39(5)14-15-39)35(51)31(38(2,3)4)46-37(53)58-27-16-20(27)10-8-9-11-24(41)29-34(57-28)45-26-17-21(56-6)12-13-25(26)44-29/h12-13,17,20,22-24,27-28,30-32H,7-11,14-16,18-19H2,1-6H3,(H,46,53)(H,47,50)(H,48,52)/t20-,22-,23+,24-,27-,28+,30+,31?,40-/m1/s1. The van der Waals surface area contributed by atoms with Gasteiger partial charge in [-0.2, -0.15) is 0 Å². The number of nitrogens with zero attached hydrogens (tertiary/aromatic N) is 3. The first kappa shape index (κ1) is 42.7. The lowest BCUT2D eigenvalue weighted by Crippen LogP contribution is -2.61. The SMILES string of the molecule is CC[C@@H]1[C@@H]2CN(C(=O)C(C(C)(C)C)NC(=O)O[C@@H]3C[C@H]3CCCC[C@@H](F)c3nc4ccc(OC)cc4nc3O2)[C@@H]1C(=O)N[C@]1(C(=O)NS(=O)(=O)C2(C)CC2)C[C@H]1C(F)F. The number of ether oxygens (including phenoxy) is 3. The van der Waals surface area contributed by atoms with Crippen molar-refractivity contribution in [1.82, 2.24) is 30.2 Å². The van der Waals surface area contributed by atoms with Gasteiger partial charge in [-0.3, -0.25) is 19.1 Å². The molecule has 2 aromatic rings. The Bertz CT molecular complexity index is 2120. The maximum atomic E-state index is 16.3. The zero-order chi connectivity index (χ0) is 42.8. The second-order valence-corrected chi connectivity index (χ2v) is 20.3. The van der Waals surface area contributed by atoms with Crippen molar-refractivity contribution in [2.75, 3.05) is 13.7 Å². The van der Waals surface area contributed by atoms with Crippen molar-refractivity contribution in [3.63, 3.8) is 0 Å². The molecule has 3 N–H and O–H groups in total. The molecule has 2 aliphatic heterocycles. The normalized spacial score (nSPS) is 32.0. The van der Waals surface area contributed by atoms with Gasteiger partial charge in [0.1, 0.15) is 47.4 Å². The highest BCUT2D eigenvalue weighted by molar-refractivity contribution is 7.91. The van der Waals surface area contributed by atoms with Crippen molar-refractivity contribution in [3.05, 3.63) is 23.9 Å². The van der Waals surface area contributed by atoms with Crippen LogP contribution in [0.25, 0.3) is 11.0 Å². The van der Waals surface area contributed by atoms with Gasteiger partial charge in [0.15, 0.2) is 0 Å². The van der Waals surface area contributed by atoms with E-state index in [2.05, 4.69) is 20.6 Å². The maximum absolute atomic E-state index is 16.3. The van der Waals surface area contributed by atoms with E-state index in [0.717, 1.165) is 0 Å². The quantitative estimate of drug-likeness (QED) is 0.328. The minimum atomic E-state index is -4.28. The number of nitrogens with one attached hydrogen (secondary N) is 3. The van der Waals surface area contributed by atoms with Gasteiger partial charge in [-0.15, -0.1) is 0 Å². The third kappa shape index (κ3) is 8.36. The van der Waals surface area contributed by atoms with E-state index in [-0.39, 0.29) is 55.8 Å². The molecular formula is C40H53F3N6O9S. The van der Waals surface area contributed by atoms with Crippen molar-refractivity contribution < 1.29 is 55.0 Å². The number of alkyl halides is 3. The van der Waals surface area contributed by atoms with Crippen LogP contribution in [0.3, 0.4) is 0 Å². The molecule has 3 saturated carbocycles. The first-order valence-corrected chi connectivity index (χ1v) is 21.8. The van der Waals surface area contributed by atoms with Crippen molar-refractivity contribution in [2.45, 2.75) is 140 Å². The van der Waals surface area contributed by atoms with E-state index in [1.54, 1.807) is 45.9 Å². The highest BCUT2D eigenvalue weighted by atomic mass is 32.2. The number of amides is 4. The molecule has 1 aromatic carbocycles. The van der Waals surface area contributed by atoms with Gasteiger partial charge >= 0.3 is 6.09 Å². The second-order valence-electron chi connectivity index (χ2n) is 18.1. The van der Waals surface area contributed by atoms with Crippen LogP contribution in [-0.4, -0.2) is 102 Å². The largest absolute Gasteiger partial charge is 0.497 e. The molecular weight excluding hydrogens is 798 g/mol. The summed E-state index contributed by atoms with van der Waals surface area (Å²) < 4.78 is 89.4. The van der Waals surface area contributed by atoms with Crippen LogP contribution in [0.2, 0.25) is 0 Å². The Morgan fingerprint density at radius 3 is 2.42 bits per heavy atom. The van der Waals surface area contributed by atoms with Crippen LogP contribution < -0.4 is 24.8 Å². The van der Waals surface area contributed by atoms with Gasteiger partial charge in [-0.05, 0) is 75.3 Å². The smallest absolute Gasteiger partial charge is 0.408 e. The zero-order valence-corrected chi connectivity index (χ0v) is 34.9. The highest BCUT2D eigenvalue weighted by Crippen LogP contribution is 2.50. The van der Waals surface area contributed by atoms with Gasteiger partial charge in [0, 0.05) is 12.0 Å². The molecule has 59 heavy (non-hydrogen) atoms. The van der Waals surface area contributed by atoms with Gasteiger partial charge in [0.2, 0.25) is 34.1 Å². The van der Waals surface area contributed by atoms with Crippen LogP contribution in [-0.2, 0) is 29.1 Å². The van der Waals surface area contributed by atoms with Gasteiger partial charge in [0.05, 0.1) is 35.4 Å². The minimum Gasteiger partial charge on any atom is -0.497 e.